The van der Waals surface area contributed by atoms with Crippen LogP contribution in [0.3, 0.4) is 0 Å². The van der Waals surface area contributed by atoms with Gasteiger partial charge in [0.1, 0.15) is 0 Å². The third kappa shape index (κ3) is 4.41. The fourth-order valence-corrected chi connectivity index (χ4v) is 2.87. The minimum atomic E-state index is -0.292. The second kappa shape index (κ2) is 8.69. The van der Waals surface area contributed by atoms with Crippen LogP contribution in [0.4, 0.5) is 5.69 Å². The lowest BCUT2D eigenvalue weighted by atomic mass is 10.1. The summed E-state index contributed by atoms with van der Waals surface area (Å²) in [5, 5.41) is 6.32. The number of furan rings is 1. The maximum absolute atomic E-state index is 12.6. The Bertz CT molecular complexity index is 712. The van der Waals surface area contributed by atoms with Crippen LogP contribution in [0.2, 0.25) is 0 Å². The molecule has 1 aromatic carbocycles. The van der Waals surface area contributed by atoms with Crippen LogP contribution >= 0.6 is 12.4 Å². The minimum absolute atomic E-state index is 0. The van der Waals surface area contributed by atoms with Crippen LogP contribution < -0.4 is 15.5 Å². The molecule has 0 bridgehead atoms. The van der Waals surface area contributed by atoms with Gasteiger partial charge in [-0.05, 0) is 43.7 Å². The molecule has 0 aliphatic carbocycles. The zero-order valence-electron chi connectivity index (χ0n) is 14.0. The number of anilines is 1. The molecule has 6 nitrogen and oxygen atoms in total. The van der Waals surface area contributed by atoms with Crippen molar-refractivity contribution >= 4 is 29.9 Å². The number of hydrogen-bond donors (Lipinski definition) is 2. The minimum Gasteiger partial charge on any atom is -0.459 e. The number of carbonyl (C=O) groups excluding carboxylic acids is 2. The quantitative estimate of drug-likeness (QED) is 0.875. The summed E-state index contributed by atoms with van der Waals surface area (Å²) in [6.45, 7) is 1.76. The number of piperidine rings is 1. The predicted octanol–water partition coefficient (Wildman–Crippen LogP) is 2.46. The summed E-state index contributed by atoms with van der Waals surface area (Å²) in [6.07, 6.45) is 3.46. The molecule has 2 aromatic rings. The molecule has 1 aliphatic rings. The van der Waals surface area contributed by atoms with Crippen LogP contribution in [0.5, 0.6) is 0 Å². The van der Waals surface area contributed by atoms with Gasteiger partial charge in [0.05, 0.1) is 17.5 Å². The van der Waals surface area contributed by atoms with E-state index in [1.54, 1.807) is 43.4 Å². The van der Waals surface area contributed by atoms with Gasteiger partial charge in [-0.3, -0.25) is 9.59 Å². The number of nitrogens with zero attached hydrogens (tertiary/aromatic N) is 1. The van der Waals surface area contributed by atoms with Crippen molar-refractivity contribution < 1.29 is 14.0 Å². The van der Waals surface area contributed by atoms with E-state index in [2.05, 4.69) is 10.6 Å². The lowest BCUT2D eigenvalue weighted by Crippen LogP contribution is -2.46. The number of benzene rings is 1. The van der Waals surface area contributed by atoms with Gasteiger partial charge in [0.2, 0.25) is 0 Å². The van der Waals surface area contributed by atoms with Crippen LogP contribution in [-0.2, 0) is 0 Å². The molecule has 0 radical (unpaired) electrons. The molecule has 0 spiro atoms. The number of nitrogens with one attached hydrogen (secondary N) is 2. The van der Waals surface area contributed by atoms with Gasteiger partial charge in [-0.2, -0.15) is 0 Å². The molecule has 3 rings (SSSR count). The van der Waals surface area contributed by atoms with E-state index in [9.17, 15) is 9.59 Å². The highest BCUT2D eigenvalue weighted by Gasteiger charge is 2.23. The first-order valence-electron chi connectivity index (χ1n) is 8.09. The Labute approximate surface area is 153 Å². The fourth-order valence-electron chi connectivity index (χ4n) is 2.87. The normalized spacial score (nSPS) is 16.6. The average Bonchev–Trinajstić information content (AvgIpc) is 3.16. The summed E-state index contributed by atoms with van der Waals surface area (Å²) >= 11 is 0. The number of para-hydroxylation sites is 1. The van der Waals surface area contributed by atoms with Crippen molar-refractivity contribution in [2.45, 2.75) is 18.9 Å². The Morgan fingerprint density at radius 3 is 2.72 bits per heavy atom. The Morgan fingerprint density at radius 2 is 2.04 bits per heavy atom. The van der Waals surface area contributed by atoms with Crippen molar-refractivity contribution in [1.29, 1.82) is 0 Å². The average molecular weight is 364 g/mol. The molecule has 2 amide bonds. The molecular weight excluding hydrogens is 342 g/mol. The van der Waals surface area contributed by atoms with Gasteiger partial charge >= 0.3 is 0 Å². The van der Waals surface area contributed by atoms with E-state index in [-0.39, 0.29) is 36.0 Å². The predicted molar refractivity (Wildman–Crippen MR) is 98.5 cm³/mol. The Hall–Kier alpha value is -2.31. The largest absolute Gasteiger partial charge is 0.459 e. The van der Waals surface area contributed by atoms with E-state index in [0.29, 0.717) is 11.3 Å². The number of carbonyl (C=O) groups is 2. The summed E-state index contributed by atoms with van der Waals surface area (Å²) < 4.78 is 5.16. The van der Waals surface area contributed by atoms with Crippen molar-refractivity contribution in [2.24, 2.45) is 0 Å². The zero-order chi connectivity index (χ0) is 16.9. The first-order valence-corrected chi connectivity index (χ1v) is 8.09. The van der Waals surface area contributed by atoms with Gasteiger partial charge in [0.15, 0.2) is 5.76 Å². The summed E-state index contributed by atoms with van der Waals surface area (Å²) in [4.78, 5) is 26.5. The maximum atomic E-state index is 12.6. The van der Waals surface area contributed by atoms with Crippen molar-refractivity contribution in [1.82, 2.24) is 10.6 Å². The summed E-state index contributed by atoms with van der Waals surface area (Å²) in [5.41, 5.74) is 1.03. The van der Waals surface area contributed by atoms with E-state index in [4.69, 9.17) is 4.42 Å². The molecule has 0 saturated carbocycles. The van der Waals surface area contributed by atoms with Gasteiger partial charge in [-0.25, -0.2) is 0 Å². The first-order chi connectivity index (χ1) is 11.7. The molecular formula is C18H22ClN3O3. The zero-order valence-corrected chi connectivity index (χ0v) is 14.8. The van der Waals surface area contributed by atoms with Crippen LogP contribution in [-0.4, -0.2) is 38.0 Å². The summed E-state index contributed by atoms with van der Waals surface area (Å²) in [5.74, 6) is -0.220. The van der Waals surface area contributed by atoms with E-state index in [1.165, 1.54) is 11.2 Å². The lowest BCUT2D eigenvalue weighted by molar-refractivity contribution is 0.0931. The van der Waals surface area contributed by atoms with Crippen molar-refractivity contribution in [3.63, 3.8) is 0 Å². The monoisotopic (exact) mass is 363 g/mol. The van der Waals surface area contributed by atoms with E-state index >= 15 is 0 Å². The van der Waals surface area contributed by atoms with Crippen molar-refractivity contribution in [3.8, 4) is 0 Å². The standard InChI is InChI=1S/C18H21N3O3.ClH/c1-21(18(23)16-9-5-11-24-16)15-8-3-2-7-14(15)17(22)20-13-6-4-10-19-12-13;/h2-3,5,7-9,11,13,19H,4,6,10,12H2,1H3,(H,20,22);1H. The molecule has 7 heteroatoms. The van der Waals surface area contributed by atoms with Crippen LogP contribution in [0.15, 0.2) is 47.1 Å². The smallest absolute Gasteiger partial charge is 0.293 e. The maximum Gasteiger partial charge on any atom is 0.293 e. The van der Waals surface area contributed by atoms with E-state index in [0.717, 1.165) is 25.9 Å². The van der Waals surface area contributed by atoms with Gasteiger partial charge < -0.3 is 20.0 Å². The second-order valence-corrected chi connectivity index (χ2v) is 5.88. The second-order valence-electron chi connectivity index (χ2n) is 5.88. The highest BCUT2D eigenvalue weighted by molar-refractivity contribution is 6.09. The van der Waals surface area contributed by atoms with E-state index in [1.807, 2.05) is 0 Å². The molecule has 1 aromatic heterocycles. The molecule has 134 valence electrons. The van der Waals surface area contributed by atoms with Gasteiger partial charge in [-0.1, -0.05) is 12.1 Å². The number of rotatable bonds is 4. The number of amides is 2. The lowest BCUT2D eigenvalue weighted by Gasteiger charge is -2.25. The molecule has 1 aliphatic heterocycles. The van der Waals surface area contributed by atoms with Crippen molar-refractivity contribution in [3.05, 3.63) is 54.0 Å². The van der Waals surface area contributed by atoms with Crippen LogP contribution in [0, 0.1) is 0 Å². The third-order valence-electron chi connectivity index (χ3n) is 4.18. The van der Waals surface area contributed by atoms with E-state index < -0.39 is 0 Å². The molecule has 2 N–H and O–H groups in total. The van der Waals surface area contributed by atoms with Gasteiger partial charge in [0.25, 0.3) is 11.8 Å². The third-order valence-corrected chi connectivity index (χ3v) is 4.18. The molecule has 1 fully saturated rings. The summed E-state index contributed by atoms with van der Waals surface area (Å²) in [7, 11) is 1.64. The number of halogens is 1. The van der Waals surface area contributed by atoms with Crippen LogP contribution in [0.1, 0.15) is 33.8 Å². The van der Waals surface area contributed by atoms with Crippen LogP contribution in [0.25, 0.3) is 0 Å². The molecule has 25 heavy (non-hydrogen) atoms. The molecule has 1 unspecified atom stereocenters. The van der Waals surface area contributed by atoms with Gasteiger partial charge in [-0.15, -0.1) is 12.4 Å². The highest BCUT2D eigenvalue weighted by atomic mass is 35.5. The Balaban J connectivity index is 0.00000225. The Kier molecular flexibility index (Phi) is 6.61. The summed E-state index contributed by atoms with van der Waals surface area (Å²) in [6, 6.07) is 10.5. The molecule has 2 heterocycles. The van der Waals surface area contributed by atoms with Gasteiger partial charge in [0, 0.05) is 19.6 Å². The Morgan fingerprint density at radius 1 is 1.24 bits per heavy atom. The molecule has 1 atom stereocenters. The first kappa shape index (κ1) is 19.0. The topological polar surface area (TPSA) is 74.6 Å². The van der Waals surface area contributed by atoms with Crippen molar-refractivity contribution in [2.75, 3.05) is 25.0 Å². The SMILES string of the molecule is CN(C(=O)c1ccco1)c1ccccc1C(=O)NC1CCCNC1.Cl. The highest BCUT2D eigenvalue weighted by Crippen LogP contribution is 2.21. The number of hydrogen-bond acceptors (Lipinski definition) is 4. The molecule has 1 saturated heterocycles. The fraction of sp³-hybridized carbons (Fsp3) is 0.333.